The van der Waals surface area contributed by atoms with E-state index >= 15 is 0 Å². The highest BCUT2D eigenvalue weighted by Gasteiger charge is 2.22. The Kier molecular flexibility index (Phi) is 4.16. The van der Waals surface area contributed by atoms with Crippen molar-refractivity contribution in [3.63, 3.8) is 0 Å². The topological polar surface area (TPSA) is 53.4 Å². The standard InChI is InChI=1S/C14H16N2O2S/c1-10(2)16(9-11-5-4-8-19-11)14(18)13-12(17)6-3-7-15-13/h3-8,10,17H,9H2,1-2H3. The van der Waals surface area contributed by atoms with Gasteiger partial charge in [0.1, 0.15) is 5.75 Å². The quantitative estimate of drug-likeness (QED) is 0.934. The molecule has 2 aromatic heterocycles. The molecule has 0 saturated heterocycles. The Hall–Kier alpha value is -1.88. The van der Waals surface area contributed by atoms with E-state index in [1.807, 2.05) is 31.4 Å². The lowest BCUT2D eigenvalue weighted by atomic mass is 10.2. The molecule has 0 aliphatic carbocycles. The van der Waals surface area contributed by atoms with Crippen LogP contribution in [0.1, 0.15) is 29.2 Å². The van der Waals surface area contributed by atoms with Gasteiger partial charge in [-0.2, -0.15) is 0 Å². The highest BCUT2D eigenvalue weighted by Crippen LogP contribution is 2.20. The third kappa shape index (κ3) is 3.12. The molecule has 2 aromatic rings. The van der Waals surface area contributed by atoms with E-state index in [1.165, 1.54) is 12.3 Å². The van der Waals surface area contributed by atoms with Crippen LogP contribution < -0.4 is 0 Å². The van der Waals surface area contributed by atoms with Gasteiger partial charge < -0.3 is 10.0 Å². The van der Waals surface area contributed by atoms with E-state index in [0.717, 1.165) is 4.88 Å². The third-order valence-electron chi connectivity index (χ3n) is 2.78. The molecular formula is C14H16N2O2S. The molecular weight excluding hydrogens is 260 g/mol. The van der Waals surface area contributed by atoms with E-state index in [4.69, 9.17) is 0 Å². The number of hydrogen-bond donors (Lipinski definition) is 1. The number of aromatic hydroxyl groups is 1. The molecule has 19 heavy (non-hydrogen) atoms. The van der Waals surface area contributed by atoms with E-state index in [9.17, 15) is 9.90 Å². The van der Waals surface area contributed by atoms with Gasteiger partial charge in [-0.25, -0.2) is 4.98 Å². The molecule has 0 atom stereocenters. The Morgan fingerprint density at radius 3 is 2.79 bits per heavy atom. The zero-order chi connectivity index (χ0) is 13.8. The largest absolute Gasteiger partial charge is 0.505 e. The monoisotopic (exact) mass is 276 g/mol. The van der Waals surface area contributed by atoms with Gasteiger partial charge in [0.2, 0.25) is 0 Å². The molecule has 0 fully saturated rings. The Labute approximate surface area is 116 Å². The van der Waals surface area contributed by atoms with E-state index in [1.54, 1.807) is 22.3 Å². The molecule has 0 spiro atoms. The average Bonchev–Trinajstić information content (AvgIpc) is 2.88. The van der Waals surface area contributed by atoms with Crippen molar-refractivity contribution in [2.45, 2.75) is 26.4 Å². The molecule has 0 radical (unpaired) electrons. The minimum atomic E-state index is -0.249. The molecule has 5 heteroatoms. The van der Waals surface area contributed by atoms with E-state index in [2.05, 4.69) is 4.98 Å². The summed E-state index contributed by atoms with van der Waals surface area (Å²) in [6, 6.07) is 7.07. The molecule has 0 unspecified atom stereocenters. The molecule has 0 saturated carbocycles. The minimum absolute atomic E-state index is 0.0380. The smallest absolute Gasteiger partial charge is 0.276 e. The predicted molar refractivity (Wildman–Crippen MR) is 75.2 cm³/mol. The summed E-state index contributed by atoms with van der Waals surface area (Å²) in [7, 11) is 0. The summed E-state index contributed by atoms with van der Waals surface area (Å²) in [6.07, 6.45) is 1.51. The Morgan fingerprint density at radius 2 is 2.21 bits per heavy atom. The van der Waals surface area contributed by atoms with Crippen molar-refractivity contribution in [2.24, 2.45) is 0 Å². The van der Waals surface area contributed by atoms with Crippen LogP contribution in [0.3, 0.4) is 0 Å². The first-order valence-corrected chi connectivity index (χ1v) is 6.95. The number of thiophene rings is 1. The number of aromatic nitrogens is 1. The minimum Gasteiger partial charge on any atom is -0.505 e. The molecule has 2 heterocycles. The number of nitrogens with zero attached hydrogens (tertiary/aromatic N) is 2. The van der Waals surface area contributed by atoms with Crippen molar-refractivity contribution in [2.75, 3.05) is 0 Å². The third-order valence-corrected chi connectivity index (χ3v) is 3.64. The van der Waals surface area contributed by atoms with Crippen LogP contribution in [0.2, 0.25) is 0 Å². The Morgan fingerprint density at radius 1 is 1.42 bits per heavy atom. The fraction of sp³-hybridized carbons (Fsp3) is 0.286. The summed E-state index contributed by atoms with van der Waals surface area (Å²) in [5, 5.41) is 11.7. The normalized spacial score (nSPS) is 10.7. The first kappa shape index (κ1) is 13.5. The summed E-state index contributed by atoms with van der Waals surface area (Å²) < 4.78 is 0. The van der Waals surface area contributed by atoms with Gasteiger partial charge in [-0.1, -0.05) is 6.07 Å². The Bertz CT molecular complexity index is 552. The van der Waals surface area contributed by atoms with Crippen LogP contribution in [-0.4, -0.2) is 26.9 Å². The van der Waals surface area contributed by atoms with E-state index in [0.29, 0.717) is 6.54 Å². The maximum Gasteiger partial charge on any atom is 0.276 e. The number of carbonyl (C=O) groups is 1. The first-order chi connectivity index (χ1) is 9.09. The van der Waals surface area contributed by atoms with Crippen molar-refractivity contribution >= 4 is 17.2 Å². The molecule has 0 aromatic carbocycles. The summed E-state index contributed by atoms with van der Waals surface area (Å²) >= 11 is 1.61. The highest BCUT2D eigenvalue weighted by atomic mass is 32.1. The van der Waals surface area contributed by atoms with Crippen LogP contribution >= 0.6 is 11.3 Å². The molecule has 1 amide bonds. The summed E-state index contributed by atoms with van der Waals surface area (Å²) in [6.45, 7) is 4.43. The number of carbonyl (C=O) groups excluding carboxylic acids is 1. The van der Waals surface area contributed by atoms with Gasteiger partial charge in [0.15, 0.2) is 5.69 Å². The van der Waals surface area contributed by atoms with Crippen molar-refractivity contribution in [1.29, 1.82) is 0 Å². The van der Waals surface area contributed by atoms with Gasteiger partial charge >= 0.3 is 0 Å². The van der Waals surface area contributed by atoms with Crippen LogP contribution in [0.15, 0.2) is 35.8 Å². The predicted octanol–water partition coefficient (Wildman–Crippen LogP) is 2.90. The van der Waals surface area contributed by atoms with Crippen LogP contribution in [0, 0.1) is 0 Å². The summed E-state index contributed by atoms with van der Waals surface area (Å²) in [5.74, 6) is -0.328. The van der Waals surface area contributed by atoms with Gasteiger partial charge in [0.25, 0.3) is 5.91 Å². The lowest BCUT2D eigenvalue weighted by Gasteiger charge is -2.26. The summed E-state index contributed by atoms with van der Waals surface area (Å²) in [5.41, 5.74) is 0.104. The van der Waals surface area contributed by atoms with Crippen molar-refractivity contribution in [1.82, 2.24) is 9.88 Å². The van der Waals surface area contributed by atoms with Gasteiger partial charge in [-0.05, 0) is 37.4 Å². The fourth-order valence-corrected chi connectivity index (χ4v) is 2.46. The van der Waals surface area contributed by atoms with Crippen LogP contribution in [0.25, 0.3) is 0 Å². The second kappa shape index (κ2) is 5.84. The fourth-order valence-electron chi connectivity index (χ4n) is 1.76. The van der Waals surface area contributed by atoms with Crippen LogP contribution in [0.5, 0.6) is 5.75 Å². The first-order valence-electron chi connectivity index (χ1n) is 6.07. The maximum absolute atomic E-state index is 12.4. The number of hydrogen-bond acceptors (Lipinski definition) is 4. The summed E-state index contributed by atoms with van der Waals surface area (Å²) in [4.78, 5) is 19.2. The zero-order valence-electron chi connectivity index (χ0n) is 10.9. The molecule has 4 nitrogen and oxygen atoms in total. The van der Waals surface area contributed by atoms with Gasteiger partial charge in [-0.3, -0.25) is 4.79 Å². The van der Waals surface area contributed by atoms with Gasteiger partial charge in [0.05, 0.1) is 6.54 Å². The lowest BCUT2D eigenvalue weighted by molar-refractivity contribution is 0.0683. The second-order valence-electron chi connectivity index (χ2n) is 4.48. The second-order valence-corrected chi connectivity index (χ2v) is 5.51. The number of rotatable bonds is 4. The molecule has 100 valence electrons. The SMILES string of the molecule is CC(C)N(Cc1cccs1)C(=O)c1ncccc1O. The van der Waals surface area contributed by atoms with Crippen LogP contribution in [-0.2, 0) is 6.54 Å². The number of amides is 1. The average molecular weight is 276 g/mol. The molecule has 1 N–H and O–H groups in total. The van der Waals surface area contributed by atoms with Crippen LogP contribution in [0.4, 0.5) is 0 Å². The molecule has 0 aliphatic heterocycles. The molecule has 0 aliphatic rings. The van der Waals surface area contributed by atoms with E-state index in [-0.39, 0.29) is 23.4 Å². The zero-order valence-corrected chi connectivity index (χ0v) is 11.7. The van der Waals surface area contributed by atoms with E-state index < -0.39 is 0 Å². The number of pyridine rings is 1. The van der Waals surface area contributed by atoms with Crippen molar-refractivity contribution in [3.8, 4) is 5.75 Å². The lowest BCUT2D eigenvalue weighted by Crippen LogP contribution is -2.36. The Balaban J connectivity index is 2.24. The van der Waals surface area contributed by atoms with Gasteiger partial charge in [0, 0.05) is 17.1 Å². The maximum atomic E-state index is 12.4. The van der Waals surface area contributed by atoms with Crippen molar-refractivity contribution < 1.29 is 9.90 Å². The molecule has 0 bridgehead atoms. The van der Waals surface area contributed by atoms with Crippen molar-refractivity contribution in [3.05, 3.63) is 46.4 Å². The van der Waals surface area contributed by atoms with Gasteiger partial charge in [-0.15, -0.1) is 11.3 Å². The molecule has 2 rings (SSSR count). The highest BCUT2D eigenvalue weighted by molar-refractivity contribution is 7.09.